The number of hydrogen-bond acceptors (Lipinski definition) is 2. The number of halogens is 2. The van der Waals surface area contributed by atoms with E-state index < -0.39 is 0 Å². The zero-order valence-electron chi connectivity index (χ0n) is 10.0. The Bertz CT molecular complexity index is 543. The molecule has 1 aliphatic heterocycles. The van der Waals surface area contributed by atoms with Crippen LogP contribution in [0.3, 0.4) is 0 Å². The van der Waals surface area contributed by atoms with E-state index in [1.807, 2.05) is 6.07 Å². The van der Waals surface area contributed by atoms with Crippen molar-refractivity contribution in [1.29, 1.82) is 0 Å². The summed E-state index contributed by atoms with van der Waals surface area (Å²) >= 11 is 12.0. The van der Waals surface area contributed by atoms with Crippen LogP contribution in [0.15, 0.2) is 12.1 Å². The third kappa shape index (κ3) is 2.00. The first-order chi connectivity index (χ1) is 8.69. The average molecular weight is 285 g/mol. The first kappa shape index (κ1) is 12.3. The van der Waals surface area contributed by atoms with Gasteiger partial charge in [-0.25, -0.2) is 4.98 Å². The Morgan fingerprint density at radius 2 is 2.17 bits per heavy atom. The first-order valence-corrected chi connectivity index (χ1v) is 6.91. The quantitative estimate of drug-likeness (QED) is 0.900. The van der Waals surface area contributed by atoms with Crippen LogP contribution in [0.4, 0.5) is 0 Å². The van der Waals surface area contributed by atoms with Gasteiger partial charge in [0.1, 0.15) is 5.82 Å². The minimum Gasteiger partial charge on any atom is -0.377 e. The van der Waals surface area contributed by atoms with E-state index in [0.29, 0.717) is 16.0 Å². The zero-order chi connectivity index (χ0) is 12.7. The standard InChI is InChI=1S/C13H14Cl2N2O/c1-2-12-7(3-4-18-12)13-16-10-5-8(14)9(15)6-11(10)17-13/h5-7,12H,2-4H2,1H3,(H,16,17). The maximum atomic E-state index is 6.01. The van der Waals surface area contributed by atoms with Gasteiger partial charge in [-0.05, 0) is 25.0 Å². The number of nitrogens with one attached hydrogen (secondary N) is 1. The van der Waals surface area contributed by atoms with Crippen molar-refractivity contribution >= 4 is 34.2 Å². The number of imidazole rings is 1. The number of ether oxygens (including phenoxy) is 1. The molecule has 2 heterocycles. The number of aromatic nitrogens is 2. The number of fused-ring (bicyclic) bond motifs is 1. The SMILES string of the molecule is CCC1OCCC1c1nc2cc(Cl)c(Cl)cc2[nH]1. The number of nitrogens with zero attached hydrogens (tertiary/aromatic N) is 1. The summed E-state index contributed by atoms with van der Waals surface area (Å²) in [5.41, 5.74) is 1.79. The molecule has 3 rings (SSSR count). The van der Waals surface area contributed by atoms with Gasteiger partial charge in [0.2, 0.25) is 0 Å². The third-order valence-corrected chi connectivity index (χ3v) is 4.23. The van der Waals surface area contributed by atoms with Crippen LogP contribution in [0.1, 0.15) is 31.5 Å². The highest BCUT2D eigenvalue weighted by Crippen LogP contribution is 2.34. The van der Waals surface area contributed by atoms with Crippen LogP contribution >= 0.6 is 23.2 Å². The predicted molar refractivity (Wildman–Crippen MR) is 73.5 cm³/mol. The molecule has 96 valence electrons. The van der Waals surface area contributed by atoms with Gasteiger partial charge in [-0.15, -0.1) is 0 Å². The minimum atomic E-state index is 0.261. The molecule has 1 N–H and O–H groups in total. The molecule has 5 heteroatoms. The highest BCUT2D eigenvalue weighted by atomic mass is 35.5. The molecule has 0 saturated carbocycles. The summed E-state index contributed by atoms with van der Waals surface area (Å²) in [6, 6.07) is 3.63. The van der Waals surface area contributed by atoms with Gasteiger partial charge < -0.3 is 9.72 Å². The molecule has 1 saturated heterocycles. The Morgan fingerprint density at radius 1 is 1.39 bits per heavy atom. The van der Waals surface area contributed by atoms with Crippen LogP contribution in [-0.2, 0) is 4.74 Å². The van der Waals surface area contributed by atoms with Gasteiger partial charge in [0.05, 0.1) is 27.2 Å². The van der Waals surface area contributed by atoms with E-state index in [-0.39, 0.29) is 6.10 Å². The minimum absolute atomic E-state index is 0.261. The molecular weight excluding hydrogens is 271 g/mol. The van der Waals surface area contributed by atoms with Crippen molar-refractivity contribution in [2.45, 2.75) is 31.8 Å². The monoisotopic (exact) mass is 284 g/mol. The van der Waals surface area contributed by atoms with Gasteiger partial charge in [-0.1, -0.05) is 30.1 Å². The van der Waals surface area contributed by atoms with E-state index in [4.69, 9.17) is 27.9 Å². The third-order valence-electron chi connectivity index (χ3n) is 3.51. The number of rotatable bonds is 2. The van der Waals surface area contributed by atoms with E-state index in [0.717, 1.165) is 36.3 Å². The lowest BCUT2D eigenvalue weighted by Gasteiger charge is -2.13. The Hall–Kier alpha value is -0.770. The summed E-state index contributed by atoms with van der Waals surface area (Å²) in [5, 5.41) is 1.09. The molecule has 2 unspecified atom stereocenters. The largest absolute Gasteiger partial charge is 0.377 e. The molecule has 0 amide bonds. The van der Waals surface area contributed by atoms with E-state index >= 15 is 0 Å². The highest BCUT2D eigenvalue weighted by molar-refractivity contribution is 6.42. The second-order valence-corrected chi connectivity index (χ2v) is 5.43. The number of hydrogen-bond donors (Lipinski definition) is 1. The summed E-state index contributed by atoms with van der Waals surface area (Å²) in [6.07, 6.45) is 2.28. The molecule has 0 radical (unpaired) electrons. The summed E-state index contributed by atoms with van der Waals surface area (Å²) in [6.45, 7) is 2.95. The summed E-state index contributed by atoms with van der Waals surface area (Å²) in [5.74, 6) is 1.33. The van der Waals surface area contributed by atoms with Crippen LogP contribution < -0.4 is 0 Å². The van der Waals surface area contributed by atoms with Crippen LogP contribution in [0.5, 0.6) is 0 Å². The molecule has 1 aromatic carbocycles. The van der Waals surface area contributed by atoms with Crippen molar-refractivity contribution < 1.29 is 4.74 Å². The Kier molecular flexibility index (Phi) is 3.22. The molecule has 2 atom stereocenters. The van der Waals surface area contributed by atoms with Gasteiger partial charge >= 0.3 is 0 Å². The fourth-order valence-corrected chi connectivity index (χ4v) is 2.89. The summed E-state index contributed by atoms with van der Waals surface area (Å²) < 4.78 is 5.70. The lowest BCUT2D eigenvalue weighted by atomic mass is 9.99. The lowest BCUT2D eigenvalue weighted by molar-refractivity contribution is 0.0996. The van der Waals surface area contributed by atoms with Gasteiger partial charge in [0, 0.05) is 12.5 Å². The van der Waals surface area contributed by atoms with Crippen molar-refractivity contribution in [3.63, 3.8) is 0 Å². The van der Waals surface area contributed by atoms with E-state index in [1.165, 1.54) is 0 Å². The van der Waals surface area contributed by atoms with Crippen molar-refractivity contribution in [3.05, 3.63) is 28.0 Å². The molecule has 2 aromatic rings. The molecule has 1 aliphatic rings. The maximum Gasteiger partial charge on any atom is 0.113 e. The van der Waals surface area contributed by atoms with Gasteiger partial charge in [0.15, 0.2) is 0 Å². The highest BCUT2D eigenvalue weighted by Gasteiger charge is 2.30. The van der Waals surface area contributed by atoms with Crippen LogP contribution in [0.2, 0.25) is 10.0 Å². The molecule has 0 bridgehead atoms. The normalized spacial score (nSPS) is 23.9. The lowest BCUT2D eigenvalue weighted by Crippen LogP contribution is -2.13. The van der Waals surface area contributed by atoms with Crippen molar-refractivity contribution in [2.75, 3.05) is 6.61 Å². The van der Waals surface area contributed by atoms with Crippen LogP contribution in [0, 0.1) is 0 Å². The molecule has 1 aromatic heterocycles. The second-order valence-electron chi connectivity index (χ2n) is 4.62. The smallest absolute Gasteiger partial charge is 0.113 e. The second kappa shape index (κ2) is 4.72. The van der Waals surface area contributed by atoms with Crippen LogP contribution in [0.25, 0.3) is 11.0 Å². The fraction of sp³-hybridized carbons (Fsp3) is 0.462. The zero-order valence-corrected chi connectivity index (χ0v) is 11.6. The summed E-state index contributed by atoms with van der Waals surface area (Å²) in [7, 11) is 0. The molecule has 0 spiro atoms. The van der Waals surface area contributed by atoms with E-state index in [9.17, 15) is 0 Å². The molecule has 3 nitrogen and oxygen atoms in total. The maximum absolute atomic E-state index is 6.01. The van der Waals surface area contributed by atoms with Crippen LogP contribution in [-0.4, -0.2) is 22.7 Å². The van der Waals surface area contributed by atoms with Gasteiger partial charge in [0.25, 0.3) is 0 Å². The molecule has 18 heavy (non-hydrogen) atoms. The predicted octanol–water partition coefficient (Wildman–Crippen LogP) is 4.15. The first-order valence-electron chi connectivity index (χ1n) is 6.15. The van der Waals surface area contributed by atoms with Crippen molar-refractivity contribution in [2.24, 2.45) is 0 Å². The van der Waals surface area contributed by atoms with Crippen molar-refractivity contribution in [1.82, 2.24) is 9.97 Å². The van der Waals surface area contributed by atoms with Gasteiger partial charge in [-0.2, -0.15) is 0 Å². The Balaban J connectivity index is 2.03. The van der Waals surface area contributed by atoms with E-state index in [1.54, 1.807) is 6.07 Å². The number of aromatic amines is 1. The topological polar surface area (TPSA) is 37.9 Å². The Labute approximate surface area is 115 Å². The number of benzene rings is 1. The average Bonchev–Trinajstić information content (AvgIpc) is 2.95. The molecular formula is C13H14Cl2N2O. The van der Waals surface area contributed by atoms with Gasteiger partial charge in [-0.3, -0.25) is 0 Å². The van der Waals surface area contributed by atoms with E-state index in [2.05, 4.69) is 16.9 Å². The molecule has 0 aliphatic carbocycles. The Morgan fingerprint density at radius 3 is 2.94 bits per heavy atom. The number of H-pyrrole nitrogens is 1. The fourth-order valence-electron chi connectivity index (χ4n) is 2.56. The molecule has 1 fully saturated rings. The van der Waals surface area contributed by atoms with Crippen molar-refractivity contribution in [3.8, 4) is 0 Å². The summed E-state index contributed by atoms with van der Waals surface area (Å²) in [4.78, 5) is 7.95.